The Kier molecular flexibility index (Phi) is 4.35. The third kappa shape index (κ3) is 3.16. The Morgan fingerprint density at radius 2 is 1.81 bits per heavy atom. The van der Waals surface area contributed by atoms with Gasteiger partial charge >= 0.3 is 0 Å². The smallest absolute Gasteiger partial charge is 0.231 e. The molecule has 132 valence electrons. The maximum atomic E-state index is 12.5. The Morgan fingerprint density at radius 3 is 2.54 bits per heavy atom. The van der Waals surface area contributed by atoms with E-state index in [2.05, 4.69) is 0 Å². The number of carbonyl (C=O) groups excluding carboxylic acids is 1. The molecule has 0 spiro atoms. The average molecular weight is 349 g/mol. The van der Waals surface area contributed by atoms with Crippen molar-refractivity contribution in [2.45, 2.75) is 19.5 Å². The van der Waals surface area contributed by atoms with E-state index in [0.29, 0.717) is 12.3 Å². The second-order valence-electron chi connectivity index (χ2n) is 6.15. The second-order valence-corrected chi connectivity index (χ2v) is 6.15. The van der Waals surface area contributed by atoms with E-state index in [9.17, 15) is 4.79 Å². The van der Waals surface area contributed by atoms with Gasteiger partial charge in [-0.15, -0.1) is 0 Å². The van der Waals surface area contributed by atoms with Gasteiger partial charge in [-0.05, 0) is 35.4 Å². The number of ether oxygens (including phenoxy) is 2. The van der Waals surface area contributed by atoms with Crippen LogP contribution in [0.25, 0.3) is 0 Å². The van der Waals surface area contributed by atoms with Crippen molar-refractivity contribution in [3.05, 3.63) is 83.8 Å². The Balaban J connectivity index is 1.78. The highest BCUT2D eigenvalue weighted by Gasteiger charge is 2.27. The molecule has 1 atom stereocenters. The molecule has 0 saturated carbocycles. The number of benzene rings is 2. The van der Waals surface area contributed by atoms with Crippen molar-refractivity contribution < 1.29 is 18.7 Å². The summed E-state index contributed by atoms with van der Waals surface area (Å²) in [7, 11) is 0. The van der Waals surface area contributed by atoms with Gasteiger partial charge < -0.3 is 18.8 Å². The Bertz CT molecular complexity index is 890. The lowest BCUT2D eigenvalue weighted by molar-refractivity contribution is -0.131. The molecule has 1 aromatic heterocycles. The summed E-state index contributed by atoms with van der Waals surface area (Å²) in [5, 5.41) is 0. The molecule has 3 aromatic rings. The minimum absolute atomic E-state index is 0.0343. The van der Waals surface area contributed by atoms with Gasteiger partial charge in [0.25, 0.3) is 0 Å². The zero-order valence-electron chi connectivity index (χ0n) is 14.4. The standard InChI is InChI=1S/C21H19NO4/c1-15(23)22(13-18-8-5-11-24-18)21(16-6-3-2-4-7-16)17-9-10-19-20(12-17)26-14-25-19/h2-12,21H,13-14H2,1H3/t21-/m0/s1. The molecule has 4 rings (SSSR count). The van der Waals surface area contributed by atoms with Crippen molar-refractivity contribution in [2.24, 2.45) is 0 Å². The molecule has 0 aliphatic carbocycles. The van der Waals surface area contributed by atoms with Crippen LogP contribution in [0.2, 0.25) is 0 Å². The first-order valence-corrected chi connectivity index (χ1v) is 8.46. The third-order valence-electron chi connectivity index (χ3n) is 4.45. The molecule has 0 unspecified atom stereocenters. The lowest BCUT2D eigenvalue weighted by Gasteiger charge is -2.31. The predicted octanol–water partition coefficient (Wildman–Crippen LogP) is 4.15. The van der Waals surface area contributed by atoms with Crippen molar-refractivity contribution in [3.63, 3.8) is 0 Å². The molecule has 0 saturated heterocycles. The van der Waals surface area contributed by atoms with E-state index in [4.69, 9.17) is 13.9 Å². The SMILES string of the molecule is CC(=O)N(Cc1ccco1)[C@@H](c1ccccc1)c1ccc2c(c1)OCO2. The molecule has 2 aromatic carbocycles. The molecule has 1 aliphatic heterocycles. The maximum absolute atomic E-state index is 12.5. The number of nitrogens with zero attached hydrogens (tertiary/aromatic N) is 1. The van der Waals surface area contributed by atoms with E-state index in [1.165, 1.54) is 0 Å². The number of furan rings is 1. The number of hydrogen-bond acceptors (Lipinski definition) is 4. The zero-order chi connectivity index (χ0) is 17.9. The van der Waals surface area contributed by atoms with Gasteiger partial charge in [0.1, 0.15) is 5.76 Å². The average Bonchev–Trinajstić information content (AvgIpc) is 3.33. The van der Waals surface area contributed by atoms with Crippen LogP contribution < -0.4 is 9.47 Å². The molecule has 0 bridgehead atoms. The predicted molar refractivity (Wildman–Crippen MR) is 95.8 cm³/mol. The van der Waals surface area contributed by atoms with E-state index in [1.807, 2.05) is 60.7 Å². The van der Waals surface area contributed by atoms with Gasteiger partial charge in [0.2, 0.25) is 12.7 Å². The topological polar surface area (TPSA) is 51.9 Å². The molecule has 5 heteroatoms. The van der Waals surface area contributed by atoms with Gasteiger partial charge in [-0.3, -0.25) is 4.79 Å². The van der Waals surface area contributed by atoms with E-state index in [0.717, 1.165) is 22.6 Å². The Labute approximate surface area is 151 Å². The highest BCUT2D eigenvalue weighted by Crippen LogP contribution is 2.38. The summed E-state index contributed by atoms with van der Waals surface area (Å²) in [4.78, 5) is 14.3. The first-order chi connectivity index (χ1) is 12.7. The summed E-state index contributed by atoms with van der Waals surface area (Å²) in [5.74, 6) is 2.13. The van der Waals surface area contributed by atoms with Crippen molar-refractivity contribution in [3.8, 4) is 11.5 Å². The van der Waals surface area contributed by atoms with Crippen molar-refractivity contribution in [1.29, 1.82) is 0 Å². The van der Waals surface area contributed by atoms with Crippen LogP contribution >= 0.6 is 0 Å². The van der Waals surface area contributed by atoms with Crippen LogP contribution in [0.4, 0.5) is 0 Å². The summed E-state index contributed by atoms with van der Waals surface area (Å²) in [6, 6.07) is 19.2. The first-order valence-electron chi connectivity index (χ1n) is 8.46. The van der Waals surface area contributed by atoms with Gasteiger partial charge in [-0.1, -0.05) is 36.4 Å². The molecule has 2 heterocycles. The zero-order valence-corrected chi connectivity index (χ0v) is 14.4. The molecule has 1 aliphatic rings. The van der Waals surface area contributed by atoms with Gasteiger partial charge in [-0.25, -0.2) is 0 Å². The minimum atomic E-state index is -0.256. The van der Waals surface area contributed by atoms with Crippen LogP contribution in [0.5, 0.6) is 11.5 Å². The van der Waals surface area contributed by atoms with E-state index in [-0.39, 0.29) is 18.7 Å². The molecule has 0 radical (unpaired) electrons. The summed E-state index contributed by atoms with van der Waals surface area (Å²) in [6.07, 6.45) is 1.62. The highest BCUT2D eigenvalue weighted by atomic mass is 16.7. The quantitative estimate of drug-likeness (QED) is 0.694. The van der Waals surface area contributed by atoms with Crippen molar-refractivity contribution in [2.75, 3.05) is 6.79 Å². The Morgan fingerprint density at radius 1 is 1.00 bits per heavy atom. The van der Waals surface area contributed by atoms with Crippen LogP contribution in [0, 0.1) is 0 Å². The molecule has 1 amide bonds. The van der Waals surface area contributed by atoms with Crippen molar-refractivity contribution >= 4 is 5.91 Å². The fourth-order valence-corrected chi connectivity index (χ4v) is 3.23. The monoisotopic (exact) mass is 349 g/mol. The number of rotatable bonds is 5. The minimum Gasteiger partial charge on any atom is -0.467 e. The number of carbonyl (C=O) groups is 1. The third-order valence-corrected chi connectivity index (χ3v) is 4.45. The van der Waals surface area contributed by atoms with E-state index in [1.54, 1.807) is 18.1 Å². The number of fused-ring (bicyclic) bond motifs is 1. The Hall–Kier alpha value is -3.21. The summed E-state index contributed by atoms with van der Waals surface area (Å²) < 4.78 is 16.4. The molecule has 26 heavy (non-hydrogen) atoms. The van der Waals surface area contributed by atoms with Gasteiger partial charge in [-0.2, -0.15) is 0 Å². The lowest BCUT2D eigenvalue weighted by Crippen LogP contribution is -2.33. The first kappa shape index (κ1) is 16.3. The largest absolute Gasteiger partial charge is 0.467 e. The van der Waals surface area contributed by atoms with Crippen LogP contribution in [0.15, 0.2) is 71.3 Å². The van der Waals surface area contributed by atoms with Crippen LogP contribution in [0.1, 0.15) is 29.9 Å². The van der Waals surface area contributed by atoms with Gasteiger partial charge in [0.15, 0.2) is 11.5 Å². The van der Waals surface area contributed by atoms with Gasteiger partial charge in [0, 0.05) is 6.92 Å². The molecule has 0 N–H and O–H groups in total. The summed E-state index contributed by atoms with van der Waals surface area (Å²) in [5.41, 5.74) is 1.98. The molecule has 5 nitrogen and oxygen atoms in total. The fourth-order valence-electron chi connectivity index (χ4n) is 3.23. The normalized spacial score (nSPS) is 13.4. The summed E-state index contributed by atoms with van der Waals surface area (Å²) in [6.45, 7) is 2.18. The highest BCUT2D eigenvalue weighted by molar-refractivity contribution is 5.74. The van der Waals surface area contributed by atoms with E-state index >= 15 is 0 Å². The molecular weight excluding hydrogens is 330 g/mol. The van der Waals surface area contributed by atoms with Crippen molar-refractivity contribution in [1.82, 2.24) is 4.90 Å². The van der Waals surface area contributed by atoms with Crippen LogP contribution in [-0.4, -0.2) is 17.6 Å². The van der Waals surface area contributed by atoms with E-state index < -0.39 is 0 Å². The summed E-state index contributed by atoms with van der Waals surface area (Å²) >= 11 is 0. The maximum Gasteiger partial charge on any atom is 0.231 e. The molecular formula is C21H19NO4. The fraction of sp³-hybridized carbons (Fsp3) is 0.190. The van der Waals surface area contributed by atoms with Crippen LogP contribution in [0.3, 0.4) is 0 Å². The lowest BCUT2D eigenvalue weighted by atomic mass is 9.96. The van der Waals surface area contributed by atoms with Gasteiger partial charge in [0.05, 0.1) is 18.8 Å². The number of amides is 1. The van der Waals surface area contributed by atoms with Crippen LogP contribution in [-0.2, 0) is 11.3 Å². The number of hydrogen-bond donors (Lipinski definition) is 0. The molecule has 0 fully saturated rings. The second kappa shape index (κ2) is 6.96.